The minimum atomic E-state index is -4.47. The van der Waals surface area contributed by atoms with Crippen molar-refractivity contribution in [3.63, 3.8) is 0 Å². The van der Waals surface area contributed by atoms with Crippen LogP contribution in [0.2, 0.25) is 0 Å². The Morgan fingerprint density at radius 2 is 2.10 bits per heavy atom. The summed E-state index contributed by atoms with van der Waals surface area (Å²) < 4.78 is 39.3. The van der Waals surface area contributed by atoms with Crippen LogP contribution in [0.3, 0.4) is 0 Å². The van der Waals surface area contributed by atoms with E-state index in [4.69, 9.17) is 5.26 Å². The molecule has 0 bridgehead atoms. The van der Waals surface area contributed by atoms with Crippen molar-refractivity contribution in [3.8, 4) is 6.07 Å². The van der Waals surface area contributed by atoms with Crippen molar-refractivity contribution < 1.29 is 13.2 Å². The van der Waals surface area contributed by atoms with E-state index in [0.717, 1.165) is 24.0 Å². The molecule has 21 heavy (non-hydrogen) atoms. The average molecular weight is 314 g/mol. The first-order valence-electron chi connectivity index (χ1n) is 6.67. The number of nitrogens with zero attached hydrogens (tertiary/aromatic N) is 1. The highest BCUT2D eigenvalue weighted by atomic mass is 32.2. The van der Waals surface area contributed by atoms with E-state index in [1.807, 2.05) is 0 Å². The summed E-state index contributed by atoms with van der Waals surface area (Å²) in [5, 5.41) is 11.8. The highest BCUT2D eigenvalue weighted by molar-refractivity contribution is 7.99. The maximum atomic E-state index is 13.1. The Labute approximate surface area is 126 Å². The van der Waals surface area contributed by atoms with Gasteiger partial charge >= 0.3 is 6.18 Å². The molecule has 0 saturated carbocycles. The summed E-state index contributed by atoms with van der Waals surface area (Å²) in [5.74, 6) is 1.81. The molecule has 1 saturated heterocycles. The lowest BCUT2D eigenvalue weighted by Crippen LogP contribution is -2.35. The molecular weight excluding hydrogens is 297 g/mol. The summed E-state index contributed by atoms with van der Waals surface area (Å²) in [5.41, 5.74) is -0.572. The third kappa shape index (κ3) is 4.07. The van der Waals surface area contributed by atoms with Crippen LogP contribution in [0, 0.1) is 16.7 Å². The fourth-order valence-corrected chi connectivity index (χ4v) is 3.82. The summed E-state index contributed by atoms with van der Waals surface area (Å²) in [6.07, 6.45) is -3.64. The Kier molecular flexibility index (Phi) is 4.43. The van der Waals surface area contributed by atoms with Gasteiger partial charge in [-0.1, -0.05) is 13.8 Å². The number of hydrogen-bond acceptors (Lipinski definition) is 3. The number of nitrogens with one attached hydrogen (secondary N) is 1. The summed E-state index contributed by atoms with van der Waals surface area (Å²) >= 11 is 1.75. The van der Waals surface area contributed by atoms with Crippen molar-refractivity contribution in [2.75, 3.05) is 16.8 Å². The maximum absolute atomic E-state index is 13.1. The molecule has 0 amide bonds. The van der Waals surface area contributed by atoms with Gasteiger partial charge in [-0.2, -0.15) is 30.2 Å². The monoisotopic (exact) mass is 314 g/mol. The van der Waals surface area contributed by atoms with Crippen LogP contribution in [-0.2, 0) is 6.18 Å². The van der Waals surface area contributed by atoms with Crippen LogP contribution in [0.25, 0.3) is 0 Å². The Balaban J connectivity index is 2.26. The van der Waals surface area contributed by atoms with Crippen LogP contribution < -0.4 is 5.32 Å². The number of anilines is 1. The molecule has 1 fully saturated rings. The van der Waals surface area contributed by atoms with Crippen LogP contribution in [0.15, 0.2) is 18.2 Å². The predicted molar refractivity (Wildman–Crippen MR) is 79.3 cm³/mol. The summed E-state index contributed by atoms with van der Waals surface area (Å²) in [7, 11) is 0. The normalized spacial score (nSPS) is 21.6. The molecule has 1 N–H and O–H groups in total. The van der Waals surface area contributed by atoms with Crippen molar-refractivity contribution >= 4 is 17.4 Å². The number of benzene rings is 1. The number of nitriles is 1. The van der Waals surface area contributed by atoms with E-state index >= 15 is 0 Å². The number of hydrogen-bond donors (Lipinski definition) is 1. The Hall–Kier alpha value is -1.35. The minimum absolute atomic E-state index is 0.00721. The van der Waals surface area contributed by atoms with Crippen LogP contribution in [0.5, 0.6) is 0 Å². The molecule has 1 aliphatic rings. The largest absolute Gasteiger partial charge is 0.418 e. The molecule has 1 heterocycles. The fourth-order valence-electron chi connectivity index (χ4n) is 2.55. The second-order valence-corrected chi connectivity index (χ2v) is 7.12. The lowest BCUT2D eigenvalue weighted by Gasteiger charge is -2.36. The van der Waals surface area contributed by atoms with Crippen LogP contribution >= 0.6 is 11.8 Å². The van der Waals surface area contributed by atoms with Gasteiger partial charge in [0.05, 0.1) is 17.2 Å². The van der Waals surface area contributed by atoms with E-state index in [2.05, 4.69) is 19.2 Å². The molecule has 2 rings (SSSR count). The molecule has 114 valence electrons. The van der Waals surface area contributed by atoms with Gasteiger partial charge < -0.3 is 5.32 Å². The van der Waals surface area contributed by atoms with Gasteiger partial charge in [0.25, 0.3) is 0 Å². The molecule has 0 spiro atoms. The van der Waals surface area contributed by atoms with Crippen molar-refractivity contribution in [1.82, 2.24) is 0 Å². The van der Waals surface area contributed by atoms with E-state index in [0.29, 0.717) is 0 Å². The zero-order valence-corrected chi connectivity index (χ0v) is 12.7. The van der Waals surface area contributed by atoms with E-state index < -0.39 is 11.7 Å². The standard InChI is InChI=1S/C15H17F3N2S/c1-14(2)6-11(8-21-9-14)20-13-4-3-10(7-19)5-12(13)15(16,17)18/h3-5,11,20H,6,8-9H2,1-2H3. The molecular formula is C15H17F3N2S. The number of alkyl halides is 3. The molecule has 0 aliphatic carbocycles. The molecule has 1 aromatic rings. The first-order valence-corrected chi connectivity index (χ1v) is 7.82. The second-order valence-electron chi connectivity index (χ2n) is 6.09. The van der Waals surface area contributed by atoms with E-state index in [9.17, 15) is 13.2 Å². The molecule has 1 aromatic carbocycles. The van der Waals surface area contributed by atoms with Gasteiger partial charge in [0, 0.05) is 17.5 Å². The average Bonchev–Trinajstić information content (AvgIpc) is 2.36. The van der Waals surface area contributed by atoms with Crippen LogP contribution in [0.1, 0.15) is 31.4 Å². The molecule has 1 unspecified atom stereocenters. The smallest absolute Gasteiger partial charge is 0.381 e. The van der Waals surface area contributed by atoms with Gasteiger partial charge in [-0.3, -0.25) is 0 Å². The minimum Gasteiger partial charge on any atom is -0.381 e. The summed E-state index contributed by atoms with van der Waals surface area (Å²) in [6.45, 7) is 4.24. The predicted octanol–water partition coefficient (Wildman–Crippen LogP) is 4.52. The van der Waals surface area contributed by atoms with Crippen LogP contribution in [-0.4, -0.2) is 17.5 Å². The van der Waals surface area contributed by atoms with Crippen molar-refractivity contribution in [3.05, 3.63) is 29.3 Å². The fraction of sp³-hybridized carbons (Fsp3) is 0.533. The van der Waals surface area contributed by atoms with Gasteiger partial charge in [-0.15, -0.1) is 0 Å². The van der Waals surface area contributed by atoms with Crippen molar-refractivity contribution in [1.29, 1.82) is 5.26 Å². The lowest BCUT2D eigenvalue weighted by molar-refractivity contribution is -0.137. The number of thioether (sulfide) groups is 1. The van der Waals surface area contributed by atoms with Gasteiger partial charge in [-0.05, 0) is 35.8 Å². The Bertz CT molecular complexity index is 561. The lowest BCUT2D eigenvalue weighted by atomic mass is 9.87. The SMILES string of the molecule is CC1(C)CSCC(Nc2ccc(C#N)cc2C(F)(F)F)C1. The highest BCUT2D eigenvalue weighted by Gasteiger charge is 2.35. The molecule has 1 aliphatic heterocycles. The molecule has 6 heteroatoms. The molecule has 0 aromatic heterocycles. The number of rotatable bonds is 2. The van der Waals surface area contributed by atoms with Crippen molar-refractivity contribution in [2.45, 2.75) is 32.5 Å². The highest BCUT2D eigenvalue weighted by Crippen LogP contribution is 2.38. The van der Waals surface area contributed by atoms with E-state index in [1.54, 1.807) is 17.8 Å². The third-order valence-electron chi connectivity index (χ3n) is 3.42. The first-order chi connectivity index (χ1) is 9.71. The van der Waals surface area contributed by atoms with E-state index in [1.165, 1.54) is 12.1 Å². The van der Waals surface area contributed by atoms with Crippen LogP contribution in [0.4, 0.5) is 18.9 Å². The van der Waals surface area contributed by atoms with E-state index in [-0.39, 0.29) is 22.7 Å². The third-order valence-corrected chi connectivity index (χ3v) is 5.05. The summed E-state index contributed by atoms with van der Waals surface area (Å²) in [6, 6.07) is 5.44. The second kappa shape index (κ2) is 5.80. The van der Waals surface area contributed by atoms with Gasteiger partial charge in [0.15, 0.2) is 0 Å². The maximum Gasteiger partial charge on any atom is 0.418 e. The zero-order chi connectivity index (χ0) is 15.7. The quantitative estimate of drug-likeness (QED) is 0.872. The Morgan fingerprint density at radius 1 is 1.38 bits per heavy atom. The Morgan fingerprint density at radius 3 is 2.67 bits per heavy atom. The molecule has 2 nitrogen and oxygen atoms in total. The zero-order valence-electron chi connectivity index (χ0n) is 11.9. The van der Waals surface area contributed by atoms with Gasteiger partial charge in [-0.25, -0.2) is 0 Å². The summed E-state index contributed by atoms with van der Waals surface area (Å²) in [4.78, 5) is 0. The number of halogens is 3. The topological polar surface area (TPSA) is 35.8 Å². The molecule has 1 atom stereocenters. The first kappa shape index (κ1) is 16.0. The molecule has 0 radical (unpaired) electrons. The van der Waals surface area contributed by atoms with Gasteiger partial charge in [0.2, 0.25) is 0 Å². The van der Waals surface area contributed by atoms with Crippen molar-refractivity contribution in [2.24, 2.45) is 5.41 Å². The van der Waals surface area contributed by atoms with Gasteiger partial charge in [0.1, 0.15) is 0 Å².